The number of allylic oxidation sites excluding steroid dienone is 3. The van der Waals surface area contributed by atoms with Crippen molar-refractivity contribution in [3.05, 3.63) is 129 Å². The van der Waals surface area contributed by atoms with Crippen molar-refractivity contribution in [1.29, 1.82) is 0 Å². The second kappa shape index (κ2) is 42.7. The van der Waals surface area contributed by atoms with Gasteiger partial charge in [0, 0.05) is 115 Å². The maximum Gasteiger partial charge on any atom is 0.410 e. The monoisotopic (exact) mass is 1770 g/mol. The Bertz CT molecular complexity index is 4600. The van der Waals surface area contributed by atoms with Crippen molar-refractivity contribution in [1.82, 2.24) is 30.7 Å². The molecule has 0 radical (unpaired) electrons. The molecule has 34 nitrogen and oxygen atoms in total. The number of hydrogen-bond donors (Lipinski definition) is 8. The maximum absolute atomic E-state index is 14.7. The molecule has 4 unspecified atom stereocenters. The van der Waals surface area contributed by atoms with E-state index in [0.29, 0.717) is 24.5 Å². The van der Waals surface area contributed by atoms with Crippen LogP contribution < -0.4 is 36.2 Å². The average Bonchev–Trinajstić information content (AvgIpc) is 1.56. The van der Waals surface area contributed by atoms with Gasteiger partial charge < -0.3 is 98.7 Å². The Morgan fingerprint density at radius 1 is 0.772 bits per heavy atom. The van der Waals surface area contributed by atoms with Gasteiger partial charge in [-0.05, 0) is 112 Å². The molecule has 4 aromatic rings. The largest absolute Gasteiger partial charge is 0.495 e. The van der Waals surface area contributed by atoms with E-state index < -0.39 is 177 Å². The lowest BCUT2D eigenvalue weighted by molar-refractivity contribution is -0.162. The van der Waals surface area contributed by atoms with Gasteiger partial charge in [0.15, 0.2) is 5.72 Å². The molecule has 0 aromatic heterocycles. The first-order valence-corrected chi connectivity index (χ1v) is 43.3. The zero-order chi connectivity index (χ0) is 89.4. The predicted octanol–water partition coefficient (Wildman–Crippen LogP) is 8.52. The van der Waals surface area contributed by atoms with E-state index in [9.17, 15) is 72.9 Å². The fraction of sp³-hybridized carbons (Fsp3) is 0.535. The number of rotatable bonds is 35. The number of ether oxygens (including phenoxy) is 10. The molecular formula is C86H110ClN9O25S2. The number of alkyl carbamates (subject to hydrolysis) is 1. The van der Waals surface area contributed by atoms with Crippen LogP contribution in [-0.4, -0.2) is 280 Å². The summed E-state index contributed by atoms with van der Waals surface area (Å²) in [6.45, 7) is 11.1. The molecule has 5 aliphatic heterocycles. The molecule has 9 amide bonds. The van der Waals surface area contributed by atoms with Gasteiger partial charge in [-0.2, -0.15) is 0 Å². The highest BCUT2D eigenvalue weighted by molar-refractivity contribution is 8.77. The van der Waals surface area contributed by atoms with Gasteiger partial charge in [0.05, 0.1) is 87.5 Å². The number of aromatic carboxylic acids is 2. The lowest BCUT2D eigenvalue weighted by atomic mass is 9.83. The predicted molar refractivity (Wildman–Crippen MR) is 455 cm³/mol. The number of hydrogen-bond acceptors (Lipinski definition) is 25. The summed E-state index contributed by atoms with van der Waals surface area (Å²) < 4.78 is 56.1. The number of carboxylic acids is 2. The zero-order valence-electron chi connectivity index (χ0n) is 71.0. The quantitative estimate of drug-likeness (QED) is 0.00703. The van der Waals surface area contributed by atoms with Crippen LogP contribution >= 0.6 is 33.2 Å². The van der Waals surface area contributed by atoms with Crippen LogP contribution in [0.3, 0.4) is 0 Å². The number of anilines is 3. The summed E-state index contributed by atoms with van der Waals surface area (Å²) >= 11 is 6.90. The Balaban J connectivity index is 0.787. The summed E-state index contributed by atoms with van der Waals surface area (Å²) in [6.07, 6.45) is -1.48. The summed E-state index contributed by atoms with van der Waals surface area (Å²) in [5, 5.41) is 46.9. The minimum absolute atomic E-state index is 0.0244. The summed E-state index contributed by atoms with van der Waals surface area (Å²) in [5.74, 6) is -9.11. The molecule has 0 spiro atoms. The topological polar surface area (TPSA) is 434 Å². The van der Waals surface area contributed by atoms with Crippen molar-refractivity contribution in [3.8, 4) is 16.9 Å². The molecule has 6 aliphatic rings. The number of epoxide rings is 1. The van der Waals surface area contributed by atoms with Crippen LogP contribution in [0.2, 0.25) is 5.02 Å². The fourth-order valence-electron chi connectivity index (χ4n) is 15.9. The number of carbonyl (C=O) groups excluding carboxylic acids is 10. The molecule has 4 saturated heterocycles. The molecule has 4 aromatic carbocycles. The standard InChI is InChI=1S/C86H110ClN9O25S2/c1-48-18-17-23-68(115-12)86(111)44-67(119-82(109)92-86)49(2)76-85(6,121-76)69(43-74(101)94(8)63-37-51(36-48)38-66(114-11)75(63)87)120-81(108)50(3)93(7)72(99)24-28-84(4,5)123-122-35-27-73(100)95-45-52(88-70(97)25-29-116-33-31-112-9)39-64(95)77(102)90-61-41-59(80(106)107)62(42-58(61)79(104)105)91-78(103)65-40-53(89-71(98)26-30-117-34-32-113-10)46-96(65)83(110)118-47-60-56-21-15-13-19-54(56)55-20-14-16-22-57(55)60/h13-23,37-38,41-42,49-50,52-53,60,64-65,67-69,76,111H,24-36,39-40,43-47H2,1-12H3,(H,88,97)(H,89,98)(H,90,102)(H,91,103)(H,92,109)(H,104,105)(H,106,107)/b23-17+,48-18+/t49-,50+,52?,53?,64?,65?,67+,68-,69+,76+,85+,86+/m1/s1. The maximum atomic E-state index is 14.7. The number of benzene rings is 4. The van der Waals surface area contributed by atoms with Gasteiger partial charge in [0.1, 0.15) is 59.4 Å². The first-order chi connectivity index (χ1) is 58.5. The van der Waals surface area contributed by atoms with Gasteiger partial charge in [0.2, 0.25) is 41.4 Å². The average molecular weight is 1770 g/mol. The molecule has 5 heterocycles. The summed E-state index contributed by atoms with van der Waals surface area (Å²) in [4.78, 5) is 173. The molecule has 0 saturated carbocycles. The van der Waals surface area contributed by atoms with Gasteiger partial charge in [0.25, 0.3) is 0 Å². The molecule has 4 bridgehead atoms. The van der Waals surface area contributed by atoms with Gasteiger partial charge in [-0.3, -0.25) is 43.8 Å². The SMILES string of the molecule is COCCOCCC(=O)NC1CC(C(=O)Nc2cc(C(=O)O)c(NC(=O)C3CC(NC(=O)CCOCCOC)CN3C(=O)OCC3c4ccccc4-c4ccccc43)cc2C(=O)O)N(C(=O)CCSSC(C)(C)CCC(=O)N(C)[C@@H](C)C(=O)O[C@H]2CC(=O)N(C)c3cc(cc(OC)c3Cl)C/C(C)=C/C=C/[C@@H](OC)[C@@]3(O)C[C@H](OC(=O)N3)[C@@H](C)[C@@H]3O[C@@]23C)C1. The molecule has 1 aliphatic carbocycles. The van der Waals surface area contributed by atoms with Crippen LogP contribution in [-0.2, 0) is 87.4 Å². The second-order valence-corrected chi connectivity index (χ2v) is 35.6. The van der Waals surface area contributed by atoms with Gasteiger partial charge in [-0.15, -0.1) is 0 Å². The van der Waals surface area contributed by atoms with Crippen molar-refractivity contribution >= 4 is 122 Å². The Morgan fingerprint density at radius 3 is 1.90 bits per heavy atom. The fourth-order valence-corrected chi connectivity index (χ4v) is 18.7. The van der Waals surface area contributed by atoms with E-state index in [1.54, 1.807) is 38.1 Å². The van der Waals surface area contributed by atoms with Crippen LogP contribution in [0, 0.1) is 5.92 Å². The van der Waals surface area contributed by atoms with E-state index in [2.05, 4.69) is 26.6 Å². The minimum atomic E-state index is -1.94. The number of aliphatic hydroxyl groups is 1. The first kappa shape index (κ1) is 95.3. The molecule has 8 N–H and O–H groups in total. The summed E-state index contributed by atoms with van der Waals surface area (Å²) in [6, 6.07) is 14.9. The summed E-state index contributed by atoms with van der Waals surface area (Å²) in [7, 11) is 11.5. The Morgan fingerprint density at radius 2 is 1.34 bits per heavy atom. The lowest BCUT2D eigenvalue weighted by Gasteiger charge is -2.42. The Kier molecular flexibility index (Phi) is 33.1. The molecule has 123 heavy (non-hydrogen) atoms. The lowest BCUT2D eigenvalue weighted by Crippen LogP contribution is -2.63. The number of fused-ring (bicyclic) bond motifs is 8. The number of carboxylic acid groups (broad SMARTS) is 2. The Hall–Kier alpha value is -9.89. The third-order valence-electron chi connectivity index (χ3n) is 22.9. The molecular weight excluding hydrogens is 1660 g/mol. The number of carbonyl (C=O) groups is 12. The number of nitrogens with one attached hydrogen (secondary N) is 5. The first-order valence-electron chi connectivity index (χ1n) is 40.6. The summed E-state index contributed by atoms with van der Waals surface area (Å²) in [5.41, 5.74) is -0.0723. The van der Waals surface area contributed by atoms with Crippen molar-refractivity contribution in [3.63, 3.8) is 0 Å². The van der Waals surface area contributed by atoms with E-state index >= 15 is 0 Å². The second-order valence-electron chi connectivity index (χ2n) is 32.1. The third kappa shape index (κ3) is 24.0. The number of likely N-dealkylation sites (N-methyl/N-ethyl adjacent to an activating group) is 1. The number of halogens is 1. The van der Waals surface area contributed by atoms with Gasteiger partial charge in [-0.1, -0.05) is 112 Å². The van der Waals surface area contributed by atoms with Crippen molar-refractivity contribution in [2.24, 2.45) is 5.92 Å². The normalized spacial score (nSPS) is 24.1. The molecule has 10 rings (SSSR count). The van der Waals surface area contributed by atoms with Gasteiger partial charge in [-0.25, -0.2) is 24.0 Å². The number of likely N-dealkylation sites (tertiary alicyclic amines) is 2. The highest BCUT2D eigenvalue weighted by Gasteiger charge is 2.65. The highest BCUT2D eigenvalue weighted by Crippen LogP contribution is 2.50. The minimum Gasteiger partial charge on any atom is -0.495 e. The smallest absolute Gasteiger partial charge is 0.410 e. The van der Waals surface area contributed by atoms with Crippen molar-refractivity contribution < 1.29 is 120 Å². The van der Waals surface area contributed by atoms with Crippen LogP contribution in [0.15, 0.2) is 96.6 Å². The molecule has 668 valence electrons. The Labute approximate surface area is 726 Å². The highest BCUT2D eigenvalue weighted by atomic mass is 35.5. The number of nitrogens with zero attached hydrogens (tertiary/aromatic N) is 4. The van der Waals surface area contributed by atoms with Crippen LogP contribution in [0.25, 0.3) is 11.1 Å². The van der Waals surface area contributed by atoms with Gasteiger partial charge >= 0.3 is 30.1 Å². The molecule has 12 atom stereocenters. The van der Waals surface area contributed by atoms with E-state index in [0.717, 1.165) is 50.4 Å². The van der Waals surface area contributed by atoms with E-state index in [1.807, 2.05) is 75.4 Å². The van der Waals surface area contributed by atoms with Crippen LogP contribution in [0.1, 0.15) is 143 Å². The number of esters is 1. The van der Waals surface area contributed by atoms with E-state index in [1.165, 1.54) is 85.7 Å². The van der Waals surface area contributed by atoms with Crippen LogP contribution in [0.5, 0.6) is 5.75 Å². The zero-order valence-corrected chi connectivity index (χ0v) is 73.3. The van der Waals surface area contributed by atoms with Crippen molar-refractivity contribution in [2.75, 3.05) is 123 Å². The molecule has 37 heteroatoms. The molecule has 4 fully saturated rings. The van der Waals surface area contributed by atoms with Crippen molar-refractivity contribution in [2.45, 2.75) is 182 Å². The number of amides is 9. The third-order valence-corrected chi connectivity index (χ3v) is 26.7. The van der Waals surface area contributed by atoms with Crippen LogP contribution in [0.4, 0.5) is 26.7 Å². The van der Waals surface area contributed by atoms with E-state index in [-0.39, 0.29) is 121 Å². The van der Waals surface area contributed by atoms with E-state index in [4.69, 9.17) is 59.0 Å². The number of methoxy groups -OCH3 is 4.